The fourth-order valence-corrected chi connectivity index (χ4v) is 2.04. The number of aromatic nitrogens is 1. The van der Waals surface area contributed by atoms with Crippen molar-refractivity contribution < 1.29 is 18.7 Å². The van der Waals surface area contributed by atoms with Crippen molar-refractivity contribution in [2.75, 3.05) is 6.61 Å². The molecule has 0 bridgehead atoms. The summed E-state index contributed by atoms with van der Waals surface area (Å²) in [6, 6.07) is 5.01. The molecule has 1 aromatic heterocycles. The molecular weight excluding hydrogens is 290 g/mol. The lowest BCUT2D eigenvalue weighted by Gasteiger charge is -2.20. The number of para-hydroxylation sites is 1. The highest BCUT2D eigenvalue weighted by Gasteiger charge is 2.39. The van der Waals surface area contributed by atoms with Crippen LogP contribution in [0.1, 0.15) is 23.3 Å². The zero-order chi connectivity index (χ0) is 14.2. The Kier molecular flexibility index (Phi) is 4.86. The molecule has 1 atom stereocenters. The fourth-order valence-electron chi connectivity index (χ4n) is 2.04. The molecule has 0 spiro atoms. The summed E-state index contributed by atoms with van der Waals surface area (Å²) in [5, 5.41) is 9.19. The van der Waals surface area contributed by atoms with Crippen molar-refractivity contribution in [3.05, 3.63) is 36.0 Å². The second-order valence-corrected chi connectivity index (χ2v) is 4.39. The topological polar surface area (TPSA) is 68.2 Å². The second-order valence-electron chi connectivity index (χ2n) is 4.39. The number of aliphatic hydroxyl groups is 1. The minimum absolute atomic E-state index is 0. The van der Waals surface area contributed by atoms with Crippen LogP contribution >= 0.6 is 12.4 Å². The molecule has 0 radical (unpaired) electrons. The van der Waals surface area contributed by atoms with Crippen molar-refractivity contribution in [1.29, 1.82) is 0 Å². The Labute approximate surface area is 120 Å². The molecule has 1 heterocycles. The van der Waals surface area contributed by atoms with E-state index in [1.165, 1.54) is 17.7 Å². The SMILES string of the molecule is CC(=O)n1cc([C@@H](N)C(F)(F)CO)c2ccccc21.Cl. The standard InChI is InChI=1S/C13H14F2N2O2.ClH/c1-8(19)17-6-10(12(16)13(14,15)7-18)9-4-2-3-5-11(9)17;/h2-6,12,18H,7,16H2,1H3;1H/t12-;/m1./s1. The van der Waals surface area contributed by atoms with Gasteiger partial charge in [-0.25, -0.2) is 8.78 Å². The molecule has 0 saturated carbocycles. The highest BCUT2D eigenvalue weighted by molar-refractivity contribution is 5.93. The first-order chi connectivity index (χ1) is 8.88. The first-order valence-corrected chi connectivity index (χ1v) is 5.73. The summed E-state index contributed by atoms with van der Waals surface area (Å²) in [4.78, 5) is 11.5. The van der Waals surface area contributed by atoms with E-state index < -0.39 is 18.6 Å². The van der Waals surface area contributed by atoms with Crippen molar-refractivity contribution in [2.45, 2.75) is 18.9 Å². The molecule has 0 amide bonds. The van der Waals surface area contributed by atoms with E-state index in [0.29, 0.717) is 10.9 Å². The maximum atomic E-state index is 13.5. The van der Waals surface area contributed by atoms with Gasteiger partial charge < -0.3 is 10.8 Å². The van der Waals surface area contributed by atoms with Gasteiger partial charge in [0.1, 0.15) is 6.61 Å². The van der Waals surface area contributed by atoms with E-state index >= 15 is 0 Å². The van der Waals surface area contributed by atoms with Crippen molar-refractivity contribution in [1.82, 2.24) is 4.57 Å². The van der Waals surface area contributed by atoms with Gasteiger partial charge in [0.2, 0.25) is 5.91 Å². The highest BCUT2D eigenvalue weighted by atomic mass is 35.5. The maximum Gasteiger partial charge on any atom is 0.289 e. The van der Waals surface area contributed by atoms with Gasteiger partial charge in [-0.05, 0) is 6.07 Å². The summed E-state index contributed by atoms with van der Waals surface area (Å²) < 4.78 is 28.3. The highest BCUT2D eigenvalue weighted by Crippen LogP contribution is 2.34. The van der Waals surface area contributed by atoms with Crippen LogP contribution in [0.25, 0.3) is 10.9 Å². The number of nitrogens with two attached hydrogens (primary N) is 1. The minimum atomic E-state index is -3.44. The molecule has 1 aromatic carbocycles. The number of aliphatic hydroxyl groups excluding tert-OH is 1. The summed E-state index contributed by atoms with van der Waals surface area (Å²) in [6.07, 6.45) is 1.31. The lowest BCUT2D eigenvalue weighted by atomic mass is 10.0. The van der Waals surface area contributed by atoms with Crippen LogP contribution in [0.3, 0.4) is 0 Å². The molecule has 4 nitrogen and oxygen atoms in total. The van der Waals surface area contributed by atoms with Crippen LogP contribution in [-0.2, 0) is 0 Å². The van der Waals surface area contributed by atoms with Gasteiger partial charge in [0.15, 0.2) is 0 Å². The normalized spacial score (nSPS) is 13.1. The first kappa shape index (κ1) is 16.6. The van der Waals surface area contributed by atoms with E-state index in [1.54, 1.807) is 24.3 Å². The Morgan fingerprint density at radius 3 is 2.60 bits per heavy atom. The van der Waals surface area contributed by atoms with Gasteiger partial charge in [-0.2, -0.15) is 0 Å². The quantitative estimate of drug-likeness (QED) is 0.914. The van der Waals surface area contributed by atoms with E-state index in [1.807, 2.05) is 0 Å². The molecule has 7 heteroatoms. The maximum absolute atomic E-state index is 13.5. The average Bonchev–Trinajstić information content (AvgIpc) is 2.77. The predicted molar refractivity (Wildman–Crippen MR) is 74.4 cm³/mol. The summed E-state index contributed by atoms with van der Waals surface area (Å²) >= 11 is 0. The van der Waals surface area contributed by atoms with Gasteiger partial charge in [-0.3, -0.25) is 9.36 Å². The third-order valence-corrected chi connectivity index (χ3v) is 3.08. The number of carbonyl (C=O) groups excluding carboxylic acids is 1. The molecule has 0 unspecified atom stereocenters. The van der Waals surface area contributed by atoms with Gasteiger partial charge in [0.25, 0.3) is 5.92 Å². The number of alkyl halides is 2. The summed E-state index contributed by atoms with van der Waals surface area (Å²) in [5.74, 6) is -3.73. The number of nitrogens with zero attached hydrogens (tertiary/aromatic N) is 1. The van der Waals surface area contributed by atoms with E-state index in [2.05, 4.69) is 0 Å². The van der Waals surface area contributed by atoms with Crippen LogP contribution in [0.5, 0.6) is 0 Å². The lowest BCUT2D eigenvalue weighted by molar-refractivity contribution is -0.0708. The molecule has 0 fully saturated rings. The smallest absolute Gasteiger partial charge is 0.289 e. The molecule has 0 aliphatic carbocycles. The largest absolute Gasteiger partial charge is 0.390 e. The van der Waals surface area contributed by atoms with Crippen LogP contribution in [-0.4, -0.2) is 28.1 Å². The number of rotatable bonds is 3. The molecule has 0 aliphatic rings. The Hall–Kier alpha value is -1.50. The number of benzene rings is 1. The zero-order valence-corrected chi connectivity index (χ0v) is 11.5. The van der Waals surface area contributed by atoms with Crippen molar-refractivity contribution in [3.63, 3.8) is 0 Å². The van der Waals surface area contributed by atoms with Crippen LogP contribution in [0.15, 0.2) is 30.5 Å². The second kappa shape index (κ2) is 5.87. The Bertz CT molecular complexity index is 628. The van der Waals surface area contributed by atoms with Crippen molar-refractivity contribution in [2.24, 2.45) is 5.73 Å². The van der Waals surface area contributed by atoms with E-state index in [9.17, 15) is 13.6 Å². The molecule has 20 heavy (non-hydrogen) atoms. The lowest BCUT2D eigenvalue weighted by Crippen LogP contribution is -2.36. The van der Waals surface area contributed by atoms with Gasteiger partial charge in [-0.15, -0.1) is 12.4 Å². The third kappa shape index (κ3) is 2.67. The minimum Gasteiger partial charge on any atom is -0.390 e. The molecular formula is C13H15ClF2N2O2. The summed E-state index contributed by atoms with van der Waals surface area (Å²) in [7, 11) is 0. The van der Waals surface area contributed by atoms with E-state index in [4.69, 9.17) is 10.8 Å². The number of carbonyl (C=O) groups is 1. The molecule has 0 saturated heterocycles. The van der Waals surface area contributed by atoms with E-state index in [-0.39, 0.29) is 23.9 Å². The Morgan fingerprint density at radius 1 is 1.45 bits per heavy atom. The molecule has 110 valence electrons. The molecule has 3 N–H and O–H groups in total. The zero-order valence-electron chi connectivity index (χ0n) is 10.7. The number of hydrogen-bond acceptors (Lipinski definition) is 3. The van der Waals surface area contributed by atoms with Gasteiger partial charge in [0.05, 0.1) is 11.6 Å². The monoisotopic (exact) mass is 304 g/mol. The Balaban J connectivity index is 0.00000200. The Morgan fingerprint density at radius 2 is 2.05 bits per heavy atom. The number of fused-ring (bicyclic) bond motifs is 1. The fraction of sp³-hybridized carbons (Fsp3) is 0.308. The molecule has 0 aliphatic heterocycles. The first-order valence-electron chi connectivity index (χ1n) is 5.73. The average molecular weight is 305 g/mol. The van der Waals surface area contributed by atoms with Gasteiger partial charge >= 0.3 is 0 Å². The van der Waals surface area contributed by atoms with E-state index in [0.717, 1.165) is 0 Å². The molecule has 2 rings (SSSR count). The van der Waals surface area contributed by atoms with Crippen molar-refractivity contribution in [3.8, 4) is 0 Å². The van der Waals surface area contributed by atoms with Gasteiger partial charge in [-0.1, -0.05) is 18.2 Å². The number of halogens is 3. The van der Waals surface area contributed by atoms with Gasteiger partial charge in [0, 0.05) is 24.1 Å². The summed E-state index contributed by atoms with van der Waals surface area (Å²) in [5.41, 5.74) is 6.19. The molecule has 2 aromatic rings. The predicted octanol–water partition coefficient (Wildman–Crippen LogP) is 2.35. The summed E-state index contributed by atoms with van der Waals surface area (Å²) in [6.45, 7) is -0.000323. The van der Waals surface area contributed by atoms with Crippen LogP contribution in [0, 0.1) is 0 Å². The van der Waals surface area contributed by atoms with Crippen LogP contribution in [0.2, 0.25) is 0 Å². The van der Waals surface area contributed by atoms with Crippen LogP contribution in [0.4, 0.5) is 8.78 Å². The number of hydrogen-bond donors (Lipinski definition) is 2. The van der Waals surface area contributed by atoms with Crippen molar-refractivity contribution >= 4 is 29.2 Å². The van der Waals surface area contributed by atoms with Crippen LogP contribution < -0.4 is 5.73 Å². The third-order valence-electron chi connectivity index (χ3n) is 3.08.